The molecular weight excluding hydrogens is 378 g/mol. The summed E-state index contributed by atoms with van der Waals surface area (Å²) in [6, 6.07) is 30.0. The second-order valence-corrected chi connectivity index (χ2v) is 8.31. The summed E-state index contributed by atoms with van der Waals surface area (Å²) in [6.07, 6.45) is 2.24. The third-order valence-corrected chi connectivity index (χ3v) is 6.52. The first-order valence-electron chi connectivity index (χ1n) is 10.7. The van der Waals surface area contributed by atoms with E-state index in [1.807, 2.05) is 24.1 Å². The average Bonchev–Trinajstić information content (AvgIpc) is 3.23. The van der Waals surface area contributed by atoms with E-state index in [1.54, 1.807) is 0 Å². The fourth-order valence-electron chi connectivity index (χ4n) is 4.89. The van der Waals surface area contributed by atoms with Crippen LogP contribution in [-0.4, -0.2) is 13.0 Å². The fourth-order valence-corrected chi connectivity index (χ4v) is 4.89. The summed E-state index contributed by atoms with van der Waals surface area (Å²) >= 11 is 0. The van der Waals surface area contributed by atoms with Crippen LogP contribution in [0.25, 0.3) is 32.3 Å². The molecule has 0 radical (unpaired) electrons. The molecule has 0 saturated carbocycles. The van der Waals surface area contributed by atoms with E-state index < -0.39 is 0 Å². The molecule has 150 valence electrons. The van der Waals surface area contributed by atoms with Crippen LogP contribution in [-0.2, 0) is 12.8 Å². The number of nitrogens with zero attached hydrogens (tertiary/aromatic N) is 2. The lowest BCUT2D eigenvalue weighted by Gasteiger charge is -2.21. The van der Waals surface area contributed by atoms with E-state index >= 15 is 0 Å². The molecule has 0 saturated heterocycles. The molecule has 31 heavy (non-hydrogen) atoms. The average molecular weight is 402 g/mol. The van der Waals surface area contributed by atoms with Crippen molar-refractivity contribution < 1.29 is 0 Å². The molecule has 3 heteroatoms. The monoisotopic (exact) mass is 401 g/mol. The van der Waals surface area contributed by atoms with Gasteiger partial charge in [0.05, 0.1) is 11.4 Å². The lowest BCUT2D eigenvalue weighted by molar-refractivity contribution is 1.02. The zero-order valence-corrected chi connectivity index (χ0v) is 17.5. The predicted octanol–water partition coefficient (Wildman–Crippen LogP) is 6.33. The molecule has 1 aliphatic carbocycles. The first kappa shape index (κ1) is 18.0. The summed E-state index contributed by atoms with van der Waals surface area (Å²) in [6.45, 7) is 0. The third kappa shape index (κ3) is 2.85. The Hall–Kier alpha value is -3.85. The zero-order valence-electron chi connectivity index (χ0n) is 17.5. The minimum absolute atomic E-state index is 0.486. The fraction of sp³-hybridized carbons (Fsp3) is 0.107. The van der Waals surface area contributed by atoms with Gasteiger partial charge in [-0.1, -0.05) is 60.7 Å². The van der Waals surface area contributed by atoms with Gasteiger partial charge in [-0.05, 0) is 69.8 Å². The van der Waals surface area contributed by atoms with Gasteiger partial charge in [-0.25, -0.2) is 4.99 Å². The number of aryl methyl sites for hydroxylation is 2. The molecule has 5 aromatic carbocycles. The molecule has 0 bridgehead atoms. The Labute approximate surface area is 181 Å². The third-order valence-electron chi connectivity index (χ3n) is 6.52. The normalized spacial score (nSPS) is 13.4. The van der Waals surface area contributed by atoms with Crippen molar-refractivity contribution in [2.24, 2.45) is 10.7 Å². The van der Waals surface area contributed by atoms with Gasteiger partial charge < -0.3 is 10.6 Å². The van der Waals surface area contributed by atoms with Crippen LogP contribution in [0.4, 0.5) is 11.4 Å². The maximum Gasteiger partial charge on any atom is 0.200 e. The topological polar surface area (TPSA) is 41.6 Å². The van der Waals surface area contributed by atoms with Crippen molar-refractivity contribution in [2.45, 2.75) is 12.8 Å². The van der Waals surface area contributed by atoms with Gasteiger partial charge >= 0.3 is 0 Å². The standard InChI is InChI=1S/C28H23N3/c1-31(26-15-14-19-13-12-18-8-4-10-23(26)27(18)19)28(29)30-25-11-5-9-22-16-20-6-2-3-7-21(20)17-24(22)25/h2-11,14-17H,12-13H2,1H3,(H2,29,30). The molecule has 0 spiro atoms. The summed E-state index contributed by atoms with van der Waals surface area (Å²) in [5, 5.41) is 7.35. The van der Waals surface area contributed by atoms with Crippen LogP contribution in [0.15, 0.2) is 89.9 Å². The second-order valence-electron chi connectivity index (χ2n) is 8.31. The minimum atomic E-state index is 0.486. The van der Waals surface area contributed by atoms with Crippen molar-refractivity contribution in [3.8, 4) is 0 Å². The number of fused-ring (bicyclic) bond motifs is 2. The lowest BCUT2D eigenvalue weighted by Crippen LogP contribution is -2.33. The Balaban J connectivity index is 1.47. The molecule has 0 fully saturated rings. The summed E-state index contributed by atoms with van der Waals surface area (Å²) in [5.41, 5.74) is 11.4. The molecule has 0 amide bonds. The molecule has 0 aliphatic heterocycles. The van der Waals surface area contributed by atoms with Crippen LogP contribution >= 0.6 is 0 Å². The van der Waals surface area contributed by atoms with Crippen LogP contribution in [0.5, 0.6) is 0 Å². The summed E-state index contributed by atoms with van der Waals surface area (Å²) < 4.78 is 0. The predicted molar refractivity (Wildman–Crippen MR) is 132 cm³/mol. The molecule has 0 atom stereocenters. The van der Waals surface area contributed by atoms with Gasteiger partial charge in [0.1, 0.15) is 0 Å². The molecule has 0 unspecified atom stereocenters. The number of guanidine groups is 1. The van der Waals surface area contributed by atoms with Crippen LogP contribution in [0.3, 0.4) is 0 Å². The highest BCUT2D eigenvalue weighted by molar-refractivity contribution is 6.09. The molecule has 3 nitrogen and oxygen atoms in total. The largest absolute Gasteiger partial charge is 0.369 e. The first-order valence-corrected chi connectivity index (χ1v) is 10.7. The number of benzene rings is 5. The van der Waals surface area contributed by atoms with Gasteiger partial charge in [-0.15, -0.1) is 0 Å². The SMILES string of the molecule is CN(C(N)=Nc1cccc2cc3ccccc3cc12)c1ccc2c3c(cccc13)CC2. The quantitative estimate of drug-likeness (QED) is 0.213. The highest BCUT2D eigenvalue weighted by atomic mass is 15.2. The number of hydrogen-bond donors (Lipinski definition) is 1. The second kappa shape index (κ2) is 6.85. The Bertz CT molecular complexity index is 1500. The van der Waals surface area contributed by atoms with E-state index in [2.05, 4.69) is 72.8 Å². The number of anilines is 1. The molecule has 5 aromatic rings. The smallest absolute Gasteiger partial charge is 0.200 e. The van der Waals surface area contributed by atoms with Crippen LogP contribution in [0, 0.1) is 0 Å². The Morgan fingerprint density at radius 1 is 0.742 bits per heavy atom. The maximum atomic E-state index is 6.54. The summed E-state index contributed by atoms with van der Waals surface area (Å²) in [5.74, 6) is 0.486. The molecular formula is C28H23N3. The van der Waals surface area contributed by atoms with Gasteiger partial charge in [0, 0.05) is 17.8 Å². The van der Waals surface area contributed by atoms with Crippen molar-refractivity contribution >= 4 is 49.7 Å². The van der Waals surface area contributed by atoms with E-state index in [0.29, 0.717) is 5.96 Å². The number of hydrogen-bond acceptors (Lipinski definition) is 1. The molecule has 2 N–H and O–H groups in total. The van der Waals surface area contributed by atoms with Gasteiger partial charge in [-0.3, -0.25) is 0 Å². The minimum Gasteiger partial charge on any atom is -0.369 e. The van der Waals surface area contributed by atoms with Crippen LogP contribution < -0.4 is 10.6 Å². The maximum absolute atomic E-state index is 6.54. The van der Waals surface area contributed by atoms with Crippen LogP contribution in [0.2, 0.25) is 0 Å². The molecule has 6 rings (SSSR count). The van der Waals surface area contributed by atoms with Gasteiger partial charge in [0.25, 0.3) is 0 Å². The van der Waals surface area contributed by atoms with Crippen molar-refractivity contribution in [3.63, 3.8) is 0 Å². The first-order chi connectivity index (χ1) is 15.2. The molecule has 1 aliphatic rings. The van der Waals surface area contributed by atoms with E-state index in [4.69, 9.17) is 10.7 Å². The van der Waals surface area contributed by atoms with Gasteiger partial charge in [0.15, 0.2) is 0 Å². The van der Waals surface area contributed by atoms with E-state index in [1.165, 1.54) is 38.1 Å². The highest BCUT2D eigenvalue weighted by Gasteiger charge is 2.18. The molecule has 0 aromatic heterocycles. The summed E-state index contributed by atoms with van der Waals surface area (Å²) in [7, 11) is 2.00. The number of aliphatic imine (C=N–C) groups is 1. The molecule has 0 heterocycles. The zero-order chi connectivity index (χ0) is 20.9. The lowest BCUT2D eigenvalue weighted by atomic mass is 10.0. The van der Waals surface area contributed by atoms with Crippen molar-refractivity contribution in [1.29, 1.82) is 0 Å². The number of rotatable bonds is 2. The van der Waals surface area contributed by atoms with Crippen molar-refractivity contribution in [2.75, 3.05) is 11.9 Å². The Kier molecular flexibility index (Phi) is 3.97. The van der Waals surface area contributed by atoms with Crippen molar-refractivity contribution in [3.05, 3.63) is 96.1 Å². The van der Waals surface area contributed by atoms with E-state index in [9.17, 15) is 0 Å². The van der Waals surface area contributed by atoms with E-state index in [-0.39, 0.29) is 0 Å². The summed E-state index contributed by atoms with van der Waals surface area (Å²) in [4.78, 5) is 6.86. The van der Waals surface area contributed by atoms with Crippen LogP contribution in [0.1, 0.15) is 11.1 Å². The highest BCUT2D eigenvalue weighted by Crippen LogP contribution is 2.36. The van der Waals surface area contributed by atoms with Gasteiger partial charge in [-0.2, -0.15) is 0 Å². The van der Waals surface area contributed by atoms with E-state index in [0.717, 1.165) is 29.6 Å². The number of nitrogens with two attached hydrogens (primary N) is 1. The van der Waals surface area contributed by atoms with Gasteiger partial charge in [0.2, 0.25) is 5.96 Å². The Morgan fingerprint density at radius 3 is 2.29 bits per heavy atom. The van der Waals surface area contributed by atoms with Crippen molar-refractivity contribution in [1.82, 2.24) is 0 Å². The Morgan fingerprint density at radius 2 is 1.45 bits per heavy atom.